The molecule has 0 saturated carbocycles. The lowest BCUT2D eigenvalue weighted by atomic mass is 10.0. The SMILES string of the molecule is O=[N+]([O-])c1ccc(OC(c2ccc(Cl)cc2)c2ccc(Cl)cc2Cl)c(F)c1. The maximum Gasteiger partial charge on any atom is 0.272 e. The van der Waals surface area contributed by atoms with Crippen molar-refractivity contribution >= 4 is 40.5 Å². The Labute approximate surface area is 169 Å². The van der Waals surface area contributed by atoms with Gasteiger partial charge < -0.3 is 4.74 Å². The van der Waals surface area contributed by atoms with Gasteiger partial charge in [0.1, 0.15) is 0 Å². The molecule has 4 nitrogen and oxygen atoms in total. The van der Waals surface area contributed by atoms with Crippen molar-refractivity contribution in [3.63, 3.8) is 0 Å². The van der Waals surface area contributed by atoms with E-state index in [-0.39, 0.29) is 11.4 Å². The quantitative estimate of drug-likeness (QED) is 0.331. The van der Waals surface area contributed by atoms with Crippen LogP contribution in [0.15, 0.2) is 60.7 Å². The number of benzene rings is 3. The summed E-state index contributed by atoms with van der Waals surface area (Å²) in [6, 6.07) is 14.8. The molecule has 3 rings (SSSR count). The highest BCUT2D eigenvalue weighted by Gasteiger charge is 2.22. The molecule has 0 fully saturated rings. The Morgan fingerprint density at radius 1 is 0.926 bits per heavy atom. The average Bonchev–Trinajstić information content (AvgIpc) is 2.62. The third-order valence-electron chi connectivity index (χ3n) is 3.79. The van der Waals surface area contributed by atoms with Crippen molar-refractivity contribution in [2.24, 2.45) is 0 Å². The first-order valence-corrected chi connectivity index (χ1v) is 8.79. The summed E-state index contributed by atoms with van der Waals surface area (Å²) in [7, 11) is 0. The van der Waals surface area contributed by atoms with E-state index in [2.05, 4.69) is 0 Å². The summed E-state index contributed by atoms with van der Waals surface area (Å²) in [6.45, 7) is 0. The van der Waals surface area contributed by atoms with E-state index in [1.165, 1.54) is 12.1 Å². The van der Waals surface area contributed by atoms with E-state index in [9.17, 15) is 14.5 Å². The number of rotatable bonds is 5. The maximum atomic E-state index is 14.3. The van der Waals surface area contributed by atoms with Crippen molar-refractivity contribution < 1.29 is 14.1 Å². The van der Waals surface area contributed by atoms with Crippen LogP contribution in [-0.2, 0) is 0 Å². The Kier molecular flexibility index (Phi) is 5.85. The fraction of sp³-hybridized carbons (Fsp3) is 0.0526. The van der Waals surface area contributed by atoms with E-state index in [1.54, 1.807) is 42.5 Å². The first-order valence-electron chi connectivity index (χ1n) is 7.66. The van der Waals surface area contributed by atoms with Gasteiger partial charge in [-0.25, -0.2) is 4.39 Å². The lowest BCUT2D eigenvalue weighted by Crippen LogP contribution is -2.11. The summed E-state index contributed by atoms with van der Waals surface area (Å²) >= 11 is 18.2. The second-order valence-electron chi connectivity index (χ2n) is 5.59. The van der Waals surface area contributed by atoms with Gasteiger partial charge in [-0.15, -0.1) is 0 Å². The van der Waals surface area contributed by atoms with Gasteiger partial charge in [-0.1, -0.05) is 53.0 Å². The molecule has 1 unspecified atom stereocenters. The summed E-state index contributed by atoms with van der Waals surface area (Å²) in [5.41, 5.74) is 0.856. The summed E-state index contributed by atoms with van der Waals surface area (Å²) in [5.74, 6) is -1.00. The highest BCUT2D eigenvalue weighted by atomic mass is 35.5. The lowest BCUT2D eigenvalue weighted by Gasteiger charge is -2.21. The molecule has 0 amide bonds. The number of nitrogens with zero attached hydrogens (tertiary/aromatic N) is 1. The van der Waals surface area contributed by atoms with Gasteiger partial charge in [-0.05, 0) is 35.9 Å². The van der Waals surface area contributed by atoms with Gasteiger partial charge in [0.05, 0.1) is 11.0 Å². The molecule has 27 heavy (non-hydrogen) atoms. The molecule has 3 aromatic carbocycles. The van der Waals surface area contributed by atoms with Crippen LogP contribution < -0.4 is 4.74 Å². The second kappa shape index (κ2) is 8.13. The predicted octanol–water partition coefficient (Wildman–Crippen LogP) is 6.86. The monoisotopic (exact) mass is 425 g/mol. The topological polar surface area (TPSA) is 52.4 Å². The summed E-state index contributed by atoms with van der Waals surface area (Å²) in [6.07, 6.45) is -0.775. The van der Waals surface area contributed by atoms with Gasteiger partial charge in [0, 0.05) is 26.7 Å². The van der Waals surface area contributed by atoms with Gasteiger partial charge >= 0.3 is 0 Å². The molecular weight excluding hydrogens is 416 g/mol. The molecule has 0 saturated heterocycles. The highest BCUT2D eigenvalue weighted by molar-refractivity contribution is 6.35. The van der Waals surface area contributed by atoms with Crippen molar-refractivity contribution in [3.8, 4) is 5.75 Å². The van der Waals surface area contributed by atoms with E-state index >= 15 is 0 Å². The molecule has 0 aromatic heterocycles. The third-order valence-corrected chi connectivity index (χ3v) is 4.60. The average molecular weight is 427 g/mol. The molecule has 0 radical (unpaired) electrons. The smallest absolute Gasteiger partial charge is 0.272 e. The normalized spacial score (nSPS) is 11.9. The van der Waals surface area contributed by atoms with Crippen LogP contribution >= 0.6 is 34.8 Å². The highest BCUT2D eigenvalue weighted by Crippen LogP contribution is 2.36. The number of hydrogen-bond acceptors (Lipinski definition) is 3. The van der Waals surface area contributed by atoms with Crippen LogP contribution in [0.4, 0.5) is 10.1 Å². The lowest BCUT2D eigenvalue weighted by molar-refractivity contribution is -0.385. The Morgan fingerprint density at radius 3 is 2.19 bits per heavy atom. The number of ether oxygens (including phenoxy) is 1. The predicted molar refractivity (Wildman–Crippen MR) is 103 cm³/mol. The molecule has 0 aliphatic carbocycles. The van der Waals surface area contributed by atoms with Crippen LogP contribution in [-0.4, -0.2) is 4.92 Å². The van der Waals surface area contributed by atoms with Gasteiger partial charge in [0.2, 0.25) is 0 Å². The van der Waals surface area contributed by atoms with Crippen molar-refractivity contribution in [2.75, 3.05) is 0 Å². The molecule has 0 aliphatic heterocycles. The van der Waals surface area contributed by atoms with E-state index in [4.69, 9.17) is 39.5 Å². The molecule has 0 spiro atoms. The fourth-order valence-corrected chi connectivity index (χ4v) is 3.12. The Balaban J connectivity index is 2.05. The number of nitro groups is 1. The van der Waals surface area contributed by atoms with Crippen molar-refractivity contribution in [1.29, 1.82) is 0 Å². The minimum Gasteiger partial charge on any atom is -0.478 e. The van der Waals surface area contributed by atoms with Gasteiger partial charge in [-0.2, -0.15) is 0 Å². The fourth-order valence-electron chi connectivity index (χ4n) is 2.49. The second-order valence-corrected chi connectivity index (χ2v) is 6.87. The number of halogens is 4. The first kappa shape index (κ1) is 19.4. The Bertz CT molecular complexity index is 996. The third kappa shape index (κ3) is 4.50. The van der Waals surface area contributed by atoms with E-state index < -0.39 is 16.8 Å². The Hall–Kier alpha value is -2.34. The zero-order valence-corrected chi connectivity index (χ0v) is 15.8. The van der Waals surface area contributed by atoms with Crippen LogP contribution in [0, 0.1) is 15.9 Å². The van der Waals surface area contributed by atoms with Crippen LogP contribution in [0.25, 0.3) is 0 Å². The molecule has 0 bridgehead atoms. The zero-order chi connectivity index (χ0) is 19.6. The molecule has 0 N–H and O–H groups in total. The van der Waals surface area contributed by atoms with Crippen LogP contribution in [0.3, 0.4) is 0 Å². The van der Waals surface area contributed by atoms with Crippen molar-refractivity contribution in [3.05, 3.63) is 103 Å². The Morgan fingerprint density at radius 2 is 1.59 bits per heavy atom. The van der Waals surface area contributed by atoms with E-state index in [0.29, 0.717) is 26.2 Å². The van der Waals surface area contributed by atoms with Gasteiger partial charge in [0.15, 0.2) is 17.7 Å². The minimum absolute atomic E-state index is 0.147. The number of hydrogen-bond donors (Lipinski definition) is 0. The van der Waals surface area contributed by atoms with E-state index in [0.717, 1.165) is 6.07 Å². The van der Waals surface area contributed by atoms with Crippen LogP contribution in [0.2, 0.25) is 15.1 Å². The van der Waals surface area contributed by atoms with Crippen molar-refractivity contribution in [2.45, 2.75) is 6.10 Å². The van der Waals surface area contributed by atoms with Crippen LogP contribution in [0.5, 0.6) is 5.75 Å². The summed E-state index contributed by atoms with van der Waals surface area (Å²) in [5, 5.41) is 12.1. The first-order chi connectivity index (χ1) is 12.8. The summed E-state index contributed by atoms with van der Waals surface area (Å²) < 4.78 is 20.2. The summed E-state index contributed by atoms with van der Waals surface area (Å²) in [4.78, 5) is 10.1. The molecule has 8 heteroatoms. The molecule has 0 aliphatic rings. The molecule has 3 aromatic rings. The maximum absolute atomic E-state index is 14.3. The van der Waals surface area contributed by atoms with E-state index in [1.807, 2.05) is 0 Å². The molecule has 1 atom stereocenters. The zero-order valence-electron chi connectivity index (χ0n) is 13.5. The van der Waals surface area contributed by atoms with Gasteiger partial charge in [-0.3, -0.25) is 10.1 Å². The van der Waals surface area contributed by atoms with Crippen LogP contribution in [0.1, 0.15) is 17.2 Å². The standard InChI is InChI=1S/C19H11Cl3FNO3/c20-12-3-1-11(2-4-12)19(15-7-5-13(21)9-16(15)22)27-18-8-6-14(24(25)26)10-17(18)23/h1-10,19H. The largest absolute Gasteiger partial charge is 0.478 e. The van der Waals surface area contributed by atoms with Crippen molar-refractivity contribution in [1.82, 2.24) is 0 Å². The molecule has 138 valence electrons. The van der Waals surface area contributed by atoms with Gasteiger partial charge in [0.25, 0.3) is 5.69 Å². The molecular formula is C19H11Cl3FNO3. The number of non-ortho nitro benzene ring substituents is 1. The minimum atomic E-state index is -0.853. The number of nitro benzene ring substituents is 1. The molecule has 0 heterocycles.